The van der Waals surface area contributed by atoms with Gasteiger partial charge in [0.05, 0.1) is 11.3 Å². The average molecular weight is 416 g/mol. The first-order chi connectivity index (χ1) is 13.3. The van der Waals surface area contributed by atoms with E-state index in [1.54, 1.807) is 4.57 Å². The Morgan fingerprint density at radius 3 is 2.75 bits per heavy atom. The molecule has 2 aromatic heterocycles. The van der Waals surface area contributed by atoms with Crippen LogP contribution in [0.25, 0.3) is 10.2 Å². The average Bonchev–Trinajstić information content (AvgIpc) is 3.11. The number of hydrogen-bond acceptors (Lipinski definition) is 5. The predicted octanol–water partition coefficient (Wildman–Crippen LogP) is 4.85. The zero-order chi connectivity index (χ0) is 20.3. The van der Waals surface area contributed by atoms with Gasteiger partial charge in [-0.2, -0.15) is 0 Å². The molecule has 1 N–H and O–H groups in total. The second-order valence-electron chi connectivity index (χ2n) is 7.30. The van der Waals surface area contributed by atoms with Crippen LogP contribution in [0.3, 0.4) is 0 Å². The van der Waals surface area contributed by atoms with E-state index in [-0.39, 0.29) is 17.2 Å². The van der Waals surface area contributed by atoms with Crippen LogP contribution in [0.1, 0.15) is 31.4 Å². The molecule has 0 spiro atoms. The van der Waals surface area contributed by atoms with Gasteiger partial charge in [0, 0.05) is 12.2 Å². The molecule has 3 rings (SSSR count). The molecule has 1 aromatic carbocycles. The van der Waals surface area contributed by atoms with E-state index < -0.39 is 0 Å². The Labute approximate surface area is 173 Å². The van der Waals surface area contributed by atoms with Gasteiger partial charge in [-0.25, -0.2) is 4.98 Å². The molecule has 0 unspecified atom stereocenters. The van der Waals surface area contributed by atoms with Gasteiger partial charge in [0.15, 0.2) is 5.16 Å². The van der Waals surface area contributed by atoms with Crippen molar-refractivity contribution < 1.29 is 4.79 Å². The second kappa shape index (κ2) is 8.92. The number of aryl methyl sites for hydroxylation is 2. The summed E-state index contributed by atoms with van der Waals surface area (Å²) in [5, 5.41) is 5.41. The molecule has 148 valence electrons. The molecule has 2 heterocycles. The predicted molar refractivity (Wildman–Crippen MR) is 119 cm³/mol. The van der Waals surface area contributed by atoms with Crippen molar-refractivity contribution >= 4 is 44.9 Å². The first-order valence-electron chi connectivity index (χ1n) is 9.33. The molecular formula is C21H25N3O2S2. The summed E-state index contributed by atoms with van der Waals surface area (Å²) < 4.78 is 2.39. The quantitative estimate of drug-likeness (QED) is 0.442. The number of thiophene rings is 1. The maximum Gasteiger partial charge on any atom is 0.272 e. The minimum absolute atomic E-state index is 0.0160. The molecule has 0 aliphatic carbocycles. The molecule has 0 radical (unpaired) electrons. The number of anilines is 1. The SMILES string of the molecule is Cc1ccc(NC(=O)CSc2nc3ccsc3c(=O)n2CCC(C)C)cc1C. The minimum atomic E-state index is -0.108. The van der Waals surface area contributed by atoms with Crippen molar-refractivity contribution in [3.05, 3.63) is 51.1 Å². The molecule has 0 aliphatic rings. The lowest BCUT2D eigenvalue weighted by Crippen LogP contribution is -2.24. The number of rotatable bonds is 7. The van der Waals surface area contributed by atoms with Gasteiger partial charge in [0.2, 0.25) is 5.91 Å². The number of aromatic nitrogens is 2. The fourth-order valence-electron chi connectivity index (χ4n) is 2.76. The van der Waals surface area contributed by atoms with Gasteiger partial charge in [0.1, 0.15) is 4.70 Å². The van der Waals surface area contributed by atoms with E-state index in [9.17, 15) is 9.59 Å². The molecule has 28 heavy (non-hydrogen) atoms. The van der Waals surface area contributed by atoms with Gasteiger partial charge in [-0.1, -0.05) is 31.7 Å². The van der Waals surface area contributed by atoms with Crippen molar-refractivity contribution in [2.24, 2.45) is 5.92 Å². The van der Waals surface area contributed by atoms with E-state index in [4.69, 9.17) is 0 Å². The molecule has 5 nitrogen and oxygen atoms in total. The Bertz CT molecular complexity index is 1050. The third kappa shape index (κ3) is 4.83. The van der Waals surface area contributed by atoms with Crippen molar-refractivity contribution in [3.63, 3.8) is 0 Å². The number of fused-ring (bicyclic) bond motifs is 1. The Morgan fingerprint density at radius 1 is 1.25 bits per heavy atom. The lowest BCUT2D eigenvalue weighted by molar-refractivity contribution is -0.113. The molecule has 7 heteroatoms. The first kappa shape index (κ1) is 20.6. The largest absolute Gasteiger partial charge is 0.325 e. The van der Waals surface area contributed by atoms with E-state index >= 15 is 0 Å². The van der Waals surface area contributed by atoms with Crippen molar-refractivity contribution in [2.75, 3.05) is 11.1 Å². The van der Waals surface area contributed by atoms with E-state index in [0.717, 1.165) is 17.7 Å². The summed E-state index contributed by atoms with van der Waals surface area (Å²) in [6.07, 6.45) is 0.890. The van der Waals surface area contributed by atoms with E-state index in [1.807, 2.05) is 43.5 Å². The molecular weight excluding hydrogens is 390 g/mol. The zero-order valence-corrected chi connectivity index (χ0v) is 18.2. The zero-order valence-electron chi connectivity index (χ0n) is 16.6. The molecule has 0 saturated heterocycles. The molecule has 3 aromatic rings. The van der Waals surface area contributed by atoms with Gasteiger partial charge in [-0.3, -0.25) is 14.2 Å². The Balaban J connectivity index is 1.76. The molecule has 0 saturated carbocycles. The number of nitrogens with zero attached hydrogens (tertiary/aromatic N) is 2. The van der Waals surface area contributed by atoms with Crippen molar-refractivity contribution in [3.8, 4) is 0 Å². The van der Waals surface area contributed by atoms with Gasteiger partial charge in [-0.05, 0) is 60.9 Å². The molecule has 1 amide bonds. The number of carbonyl (C=O) groups excluding carboxylic acids is 1. The Morgan fingerprint density at radius 2 is 2.04 bits per heavy atom. The van der Waals surface area contributed by atoms with Gasteiger partial charge >= 0.3 is 0 Å². The van der Waals surface area contributed by atoms with Crippen LogP contribution in [0.4, 0.5) is 5.69 Å². The van der Waals surface area contributed by atoms with Gasteiger partial charge in [0.25, 0.3) is 5.56 Å². The smallest absolute Gasteiger partial charge is 0.272 e. The third-order valence-electron chi connectivity index (χ3n) is 4.58. The lowest BCUT2D eigenvalue weighted by atomic mass is 10.1. The topological polar surface area (TPSA) is 64.0 Å². The van der Waals surface area contributed by atoms with Gasteiger partial charge in [-0.15, -0.1) is 11.3 Å². The lowest BCUT2D eigenvalue weighted by Gasteiger charge is -2.13. The van der Waals surface area contributed by atoms with E-state index in [1.165, 1.54) is 28.7 Å². The van der Waals surface area contributed by atoms with Crippen LogP contribution in [0.15, 0.2) is 39.6 Å². The highest BCUT2D eigenvalue weighted by Crippen LogP contribution is 2.22. The number of nitrogens with one attached hydrogen (secondary N) is 1. The summed E-state index contributed by atoms with van der Waals surface area (Å²) in [5.41, 5.74) is 3.80. The summed E-state index contributed by atoms with van der Waals surface area (Å²) in [5.74, 6) is 0.580. The summed E-state index contributed by atoms with van der Waals surface area (Å²) in [4.78, 5) is 29.9. The summed E-state index contributed by atoms with van der Waals surface area (Å²) >= 11 is 2.73. The number of benzene rings is 1. The van der Waals surface area contributed by atoms with Crippen LogP contribution in [-0.4, -0.2) is 21.2 Å². The fourth-order valence-corrected chi connectivity index (χ4v) is 4.37. The highest BCUT2D eigenvalue weighted by molar-refractivity contribution is 7.99. The Hall–Kier alpha value is -2.12. The fraction of sp³-hybridized carbons (Fsp3) is 0.381. The first-order valence-corrected chi connectivity index (χ1v) is 11.2. The molecule has 0 bridgehead atoms. The third-order valence-corrected chi connectivity index (χ3v) is 6.45. The van der Waals surface area contributed by atoms with Crippen LogP contribution < -0.4 is 10.9 Å². The highest BCUT2D eigenvalue weighted by atomic mass is 32.2. The van der Waals surface area contributed by atoms with E-state index in [2.05, 4.69) is 24.1 Å². The number of thioether (sulfide) groups is 1. The maximum absolute atomic E-state index is 12.8. The Kier molecular flexibility index (Phi) is 6.57. The van der Waals surface area contributed by atoms with Crippen LogP contribution >= 0.6 is 23.1 Å². The monoisotopic (exact) mass is 415 g/mol. The van der Waals surface area contributed by atoms with Crippen molar-refractivity contribution in [1.82, 2.24) is 9.55 Å². The molecule has 0 aliphatic heterocycles. The number of amides is 1. The summed E-state index contributed by atoms with van der Waals surface area (Å²) in [6, 6.07) is 7.71. The van der Waals surface area contributed by atoms with Crippen LogP contribution in [0, 0.1) is 19.8 Å². The van der Waals surface area contributed by atoms with Crippen molar-refractivity contribution in [1.29, 1.82) is 0 Å². The molecule has 0 atom stereocenters. The minimum Gasteiger partial charge on any atom is -0.325 e. The highest BCUT2D eigenvalue weighted by Gasteiger charge is 2.14. The van der Waals surface area contributed by atoms with Crippen LogP contribution in [0.2, 0.25) is 0 Å². The standard InChI is InChI=1S/C21H25N3O2S2/c1-13(2)7-9-24-20(26)19-17(8-10-27-19)23-21(24)28-12-18(25)22-16-6-5-14(3)15(4)11-16/h5-6,8,10-11,13H,7,9,12H2,1-4H3,(H,22,25). The van der Waals surface area contributed by atoms with Crippen LogP contribution in [0.5, 0.6) is 0 Å². The normalized spacial score (nSPS) is 11.3. The van der Waals surface area contributed by atoms with Crippen LogP contribution in [-0.2, 0) is 11.3 Å². The number of carbonyl (C=O) groups is 1. The summed E-state index contributed by atoms with van der Waals surface area (Å²) in [7, 11) is 0. The molecule has 0 fully saturated rings. The second-order valence-corrected chi connectivity index (χ2v) is 9.16. The van der Waals surface area contributed by atoms with E-state index in [0.29, 0.717) is 27.8 Å². The van der Waals surface area contributed by atoms with Gasteiger partial charge < -0.3 is 5.32 Å². The summed E-state index contributed by atoms with van der Waals surface area (Å²) in [6.45, 7) is 8.93. The number of hydrogen-bond donors (Lipinski definition) is 1. The van der Waals surface area contributed by atoms with Crippen molar-refractivity contribution in [2.45, 2.75) is 45.8 Å². The maximum atomic E-state index is 12.8.